The quantitative estimate of drug-likeness (QED) is 0.625. The average Bonchev–Trinajstić information content (AvgIpc) is 3.55. The number of fused-ring (bicyclic) bond motifs is 5. The number of nitrogens with one attached hydrogen (secondary N) is 2. The maximum atomic E-state index is 13.0. The molecule has 0 radical (unpaired) electrons. The van der Waals surface area contributed by atoms with Crippen LogP contribution in [0.5, 0.6) is 0 Å². The molecule has 31 heavy (non-hydrogen) atoms. The lowest BCUT2D eigenvalue weighted by atomic mass is 9.79. The fraction of sp³-hybridized carbons (Fsp3) is 0.423. The zero-order chi connectivity index (χ0) is 20.9. The molecule has 1 aliphatic carbocycles. The van der Waals surface area contributed by atoms with E-state index in [-0.39, 0.29) is 24.1 Å². The molecule has 5 nitrogen and oxygen atoms in total. The van der Waals surface area contributed by atoms with Gasteiger partial charge in [-0.3, -0.25) is 9.69 Å². The molecular weight excluding hydrogens is 386 g/mol. The zero-order valence-electron chi connectivity index (χ0n) is 17.9. The molecule has 0 bridgehead atoms. The number of para-hydroxylation sites is 1. The molecule has 2 aliphatic heterocycles. The van der Waals surface area contributed by atoms with Crippen molar-refractivity contribution < 1.29 is 9.53 Å². The minimum atomic E-state index is -0.270. The van der Waals surface area contributed by atoms with Crippen molar-refractivity contribution in [2.24, 2.45) is 0 Å². The lowest BCUT2D eigenvalue weighted by Crippen LogP contribution is -2.55. The van der Waals surface area contributed by atoms with Gasteiger partial charge >= 0.3 is 5.97 Å². The van der Waals surface area contributed by atoms with Gasteiger partial charge in [0.25, 0.3) is 0 Å². The first-order valence-electron chi connectivity index (χ1n) is 11.5. The van der Waals surface area contributed by atoms with E-state index >= 15 is 0 Å². The number of esters is 1. The van der Waals surface area contributed by atoms with Crippen LogP contribution in [0.4, 0.5) is 0 Å². The summed E-state index contributed by atoms with van der Waals surface area (Å²) < 4.78 is 5.32. The predicted octanol–water partition coefficient (Wildman–Crippen LogP) is 4.26. The van der Waals surface area contributed by atoms with Gasteiger partial charge in [0, 0.05) is 41.1 Å². The molecule has 1 aromatic heterocycles. The topological polar surface area (TPSA) is 57.4 Å². The van der Waals surface area contributed by atoms with Crippen LogP contribution >= 0.6 is 0 Å². The van der Waals surface area contributed by atoms with Crippen molar-refractivity contribution in [2.45, 2.75) is 62.3 Å². The molecule has 6 rings (SSSR count). The molecule has 5 heteroatoms. The van der Waals surface area contributed by atoms with E-state index in [1.807, 2.05) is 0 Å². The van der Waals surface area contributed by atoms with Crippen LogP contribution in [-0.2, 0) is 16.0 Å². The lowest BCUT2D eigenvalue weighted by molar-refractivity contribution is -0.152. The van der Waals surface area contributed by atoms with E-state index in [2.05, 4.69) is 69.8 Å². The Balaban J connectivity index is 1.49. The van der Waals surface area contributed by atoms with Crippen molar-refractivity contribution in [2.75, 3.05) is 7.11 Å². The van der Waals surface area contributed by atoms with Crippen LogP contribution in [-0.4, -0.2) is 41.1 Å². The number of aromatic amines is 1. The van der Waals surface area contributed by atoms with Gasteiger partial charge in [-0.2, -0.15) is 0 Å². The maximum Gasteiger partial charge on any atom is 0.323 e. The Morgan fingerprint density at radius 1 is 1.00 bits per heavy atom. The molecule has 2 N–H and O–H groups in total. The molecule has 0 unspecified atom stereocenters. The van der Waals surface area contributed by atoms with Crippen LogP contribution in [0.2, 0.25) is 0 Å². The molecule has 0 amide bonds. The first-order valence-corrected chi connectivity index (χ1v) is 11.5. The van der Waals surface area contributed by atoms with Gasteiger partial charge in [-0.25, -0.2) is 0 Å². The van der Waals surface area contributed by atoms with Crippen LogP contribution in [0.15, 0.2) is 54.6 Å². The predicted molar refractivity (Wildman–Crippen MR) is 121 cm³/mol. The maximum absolute atomic E-state index is 13.0. The summed E-state index contributed by atoms with van der Waals surface area (Å²) in [6.07, 6.45) is 5.27. The molecule has 4 atom stereocenters. The first kappa shape index (κ1) is 19.1. The van der Waals surface area contributed by atoms with Gasteiger partial charge in [0.2, 0.25) is 0 Å². The van der Waals surface area contributed by atoms with Gasteiger partial charge in [0.05, 0.1) is 13.2 Å². The molecule has 1 saturated carbocycles. The number of aromatic nitrogens is 1. The Labute approximate surface area is 182 Å². The fourth-order valence-corrected chi connectivity index (χ4v) is 5.87. The molecule has 3 aliphatic rings. The van der Waals surface area contributed by atoms with E-state index < -0.39 is 0 Å². The standard InChI is InChI=1S/C26H29N3O2/c1-31-26(30)24-15-20-19-9-5-6-10-21(19)28-25(20)23-14-18(27-17-11-12-17)13-22(29(23)24)16-7-3-2-4-8-16/h2-10,17-18,22-24,27-28H,11-15H2,1H3/t18-,22-,23+,24-/m0/s1. The van der Waals surface area contributed by atoms with E-state index in [4.69, 9.17) is 4.74 Å². The summed E-state index contributed by atoms with van der Waals surface area (Å²) in [7, 11) is 1.51. The minimum Gasteiger partial charge on any atom is -0.468 e. The second-order valence-electron chi connectivity index (χ2n) is 9.30. The molecule has 2 fully saturated rings. The number of hydrogen-bond donors (Lipinski definition) is 2. The Hall–Kier alpha value is -2.63. The number of nitrogens with zero attached hydrogens (tertiary/aromatic N) is 1. The summed E-state index contributed by atoms with van der Waals surface area (Å²) in [5.41, 5.74) is 5.01. The normalized spacial score (nSPS) is 28.2. The highest BCUT2D eigenvalue weighted by atomic mass is 16.5. The average molecular weight is 416 g/mol. The SMILES string of the molecule is COC(=O)[C@@H]1Cc2c([nH]c3ccccc23)[C@H]2C[C@@H](NC3CC3)C[C@@H](c3ccccc3)N21. The van der Waals surface area contributed by atoms with Crippen molar-refractivity contribution in [3.05, 3.63) is 71.4 Å². The molecule has 160 valence electrons. The number of benzene rings is 2. The largest absolute Gasteiger partial charge is 0.468 e. The van der Waals surface area contributed by atoms with Crippen LogP contribution in [0, 0.1) is 0 Å². The van der Waals surface area contributed by atoms with E-state index in [1.165, 1.54) is 42.2 Å². The second-order valence-corrected chi connectivity index (χ2v) is 9.30. The number of rotatable bonds is 4. The fourth-order valence-electron chi connectivity index (χ4n) is 5.87. The number of hydrogen-bond acceptors (Lipinski definition) is 4. The van der Waals surface area contributed by atoms with Gasteiger partial charge in [0.15, 0.2) is 0 Å². The van der Waals surface area contributed by atoms with Crippen LogP contribution in [0.3, 0.4) is 0 Å². The Morgan fingerprint density at radius 2 is 1.74 bits per heavy atom. The van der Waals surface area contributed by atoms with Gasteiger partial charge in [-0.15, -0.1) is 0 Å². The number of piperidine rings is 1. The summed E-state index contributed by atoms with van der Waals surface area (Å²) in [6.45, 7) is 0. The summed E-state index contributed by atoms with van der Waals surface area (Å²) in [5, 5.41) is 5.13. The third kappa shape index (κ3) is 3.27. The summed E-state index contributed by atoms with van der Waals surface area (Å²) in [4.78, 5) is 19.2. The van der Waals surface area contributed by atoms with Crippen molar-refractivity contribution in [1.82, 2.24) is 15.2 Å². The highest BCUT2D eigenvalue weighted by Crippen LogP contribution is 2.49. The van der Waals surface area contributed by atoms with Crippen molar-refractivity contribution in [3.63, 3.8) is 0 Å². The highest BCUT2D eigenvalue weighted by molar-refractivity contribution is 5.87. The Morgan fingerprint density at radius 3 is 2.52 bits per heavy atom. The third-order valence-electron chi connectivity index (χ3n) is 7.38. The Bertz CT molecular complexity index is 1100. The third-order valence-corrected chi connectivity index (χ3v) is 7.38. The zero-order valence-corrected chi connectivity index (χ0v) is 17.9. The van der Waals surface area contributed by atoms with Crippen molar-refractivity contribution in [1.29, 1.82) is 0 Å². The minimum absolute atomic E-state index is 0.129. The van der Waals surface area contributed by atoms with Gasteiger partial charge in [-0.05, 0) is 42.9 Å². The Kier molecular flexibility index (Phi) is 4.62. The first-order chi connectivity index (χ1) is 15.2. The smallest absolute Gasteiger partial charge is 0.323 e. The van der Waals surface area contributed by atoms with Crippen molar-refractivity contribution >= 4 is 16.9 Å². The molecule has 1 saturated heterocycles. The van der Waals surface area contributed by atoms with Gasteiger partial charge in [-0.1, -0.05) is 48.5 Å². The number of ether oxygens (including phenoxy) is 1. The van der Waals surface area contributed by atoms with Gasteiger partial charge < -0.3 is 15.0 Å². The summed E-state index contributed by atoms with van der Waals surface area (Å²) >= 11 is 0. The lowest BCUT2D eigenvalue weighted by Gasteiger charge is -2.50. The van der Waals surface area contributed by atoms with E-state index in [0.717, 1.165) is 18.4 Å². The summed E-state index contributed by atoms with van der Waals surface area (Å²) in [6, 6.07) is 20.3. The molecule has 3 heterocycles. The molecule has 3 aromatic rings. The van der Waals surface area contributed by atoms with Crippen LogP contribution in [0.25, 0.3) is 10.9 Å². The molecule has 2 aromatic carbocycles. The second kappa shape index (κ2) is 7.50. The number of carbonyl (C=O) groups is 1. The number of methoxy groups -OCH3 is 1. The van der Waals surface area contributed by atoms with E-state index in [0.29, 0.717) is 18.5 Å². The van der Waals surface area contributed by atoms with Crippen LogP contribution < -0.4 is 5.32 Å². The van der Waals surface area contributed by atoms with Crippen molar-refractivity contribution in [3.8, 4) is 0 Å². The molecular formula is C26H29N3O2. The van der Waals surface area contributed by atoms with E-state index in [9.17, 15) is 4.79 Å². The highest BCUT2D eigenvalue weighted by Gasteiger charge is 2.48. The molecule has 0 spiro atoms. The number of carbonyl (C=O) groups excluding carboxylic acids is 1. The monoisotopic (exact) mass is 415 g/mol. The van der Waals surface area contributed by atoms with Crippen LogP contribution in [0.1, 0.15) is 54.6 Å². The van der Waals surface area contributed by atoms with Gasteiger partial charge in [0.1, 0.15) is 6.04 Å². The van der Waals surface area contributed by atoms with E-state index in [1.54, 1.807) is 0 Å². The number of H-pyrrole nitrogens is 1. The summed E-state index contributed by atoms with van der Waals surface area (Å²) in [5.74, 6) is -0.129.